The van der Waals surface area contributed by atoms with Crippen molar-refractivity contribution < 1.29 is 14.3 Å². The highest BCUT2D eigenvalue weighted by Gasteiger charge is 2.15. The summed E-state index contributed by atoms with van der Waals surface area (Å²) in [5, 5.41) is 8.38. The topological polar surface area (TPSA) is 67.4 Å². The maximum Gasteiger partial charge on any atom is 0.340 e. The zero-order chi connectivity index (χ0) is 19.9. The van der Waals surface area contributed by atoms with Gasteiger partial charge in [-0.25, -0.2) is 4.79 Å². The van der Waals surface area contributed by atoms with Crippen LogP contribution in [-0.4, -0.2) is 25.0 Å². The Morgan fingerprint density at radius 1 is 0.964 bits per heavy atom. The molecule has 0 saturated carbocycles. The van der Waals surface area contributed by atoms with Gasteiger partial charge in [-0.2, -0.15) is 0 Å². The summed E-state index contributed by atoms with van der Waals surface area (Å²) in [6, 6.07) is 21.2. The number of rotatable bonds is 7. The van der Waals surface area contributed by atoms with Gasteiger partial charge in [0, 0.05) is 6.04 Å². The monoisotopic (exact) mass is 376 g/mol. The molecule has 0 radical (unpaired) electrons. The maximum atomic E-state index is 12.4. The standard InChI is InChI=1S/C23H24N2O3/c1-3-28-23(27)20-12-6-7-14-21(20)25-22(26)15-24-16(2)18-13-8-10-17-9-4-5-11-19(17)18/h4-14,16,24H,3,15H2,1-2H3,(H,25,26)/t16-/m1/s1. The van der Waals surface area contributed by atoms with Gasteiger partial charge in [0.15, 0.2) is 0 Å². The van der Waals surface area contributed by atoms with E-state index in [0.717, 1.165) is 10.9 Å². The number of para-hydroxylation sites is 1. The van der Waals surface area contributed by atoms with Gasteiger partial charge in [-0.15, -0.1) is 0 Å². The van der Waals surface area contributed by atoms with E-state index in [1.165, 1.54) is 5.39 Å². The fraction of sp³-hybridized carbons (Fsp3) is 0.217. The number of ether oxygens (including phenoxy) is 1. The molecular weight excluding hydrogens is 352 g/mol. The van der Waals surface area contributed by atoms with E-state index in [-0.39, 0.29) is 25.1 Å². The van der Waals surface area contributed by atoms with E-state index >= 15 is 0 Å². The Morgan fingerprint density at radius 3 is 2.50 bits per heavy atom. The minimum absolute atomic E-state index is 0.00264. The van der Waals surface area contributed by atoms with Crippen LogP contribution in [0.5, 0.6) is 0 Å². The van der Waals surface area contributed by atoms with Crippen molar-refractivity contribution >= 4 is 28.3 Å². The van der Waals surface area contributed by atoms with Crippen molar-refractivity contribution in [2.45, 2.75) is 19.9 Å². The lowest BCUT2D eigenvalue weighted by Gasteiger charge is -2.17. The van der Waals surface area contributed by atoms with Gasteiger partial charge in [0.1, 0.15) is 0 Å². The molecule has 1 amide bonds. The van der Waals surface area contributed by atoms with E-state index in [0.29, 0.717) is 11.3 Å². The molecule has 0 aliphatic rings. The van der Waals surface area contributed by atoms with Gasteiger partial charge in [0.25, 0.3) is 0 Å². The molecule has 0 aliphatic heterocycles. The van der Waals surface area contributed by atoms with Gasteiger partial charge in [0.05, 0.1) is 24.4 Å². The highest BCUT2D eigenvalue weighted by Crippen LogP contribution is 2.24. The lowest BCUT2D eigenvalue weighted by atomic mass is 10.00. The molecule has 0 bridgehead atoms. The first kappa shape index (κ1) is 19.6. The second-order valence-corrected chi connectivity index (χ2v) is 6.49. The van der Waals surface area contributed by atoms with E-state index in [1.807, 2.05) is 25.1 Å². The highest BCUT2D eigenvalue weighted by atomic mass is 16.5. The van der Waals surface area contributed by atoms with Crippen LogP contribution in [0.15, 0.2) is 66.7 Å². The summed E-state index contributed by atoms with van der Waals surface area (Å²) in [6.45, 7) is 4.19. The van der Waals surface area contributed by atoms with Gasteiger partial charge >= 0.3 is 5.97 Å². The van der Waals surface area contributed by atoms with Crippen LogP contribution in [0.1, 0.15) is 35.8 Å². The molecule has 144 valence electrons. The zero-order valence-corrected chi connectivity index (χ0v) is 16.1. The second kappa shape index (κ2) is 9.15. The zero-order valence-electron chi connectivity index (χ0n) is 16.1. The molecular formula is C23H24N2O3. The minimum Gasteiger partial charge on any atom is -0.462 e. The third-order valence-corrected chi connectivity index (χ3v) is 4.56. The molecule has 5 heteroatoms. The van der Waals surface area contributed by atoms with E-state index in [9.17, 15) is 9.59 Å². The summed E-state index contributed by atoms with van der Waals surface area (Å²) in [6.07, 6.45) is 0. The molecule has 3 aromatic rings. The molecule has 0 saturated heterocycles. The lowest BCUT2D eigenvalue weighted by molar-refractivity contribution is -0.115. The van der Waals surface area contributed by atoms with Crippen LogP contribution >= 0.6 is 0 Å². The number of hydrogen-bond donors (Lipinski definition) is 2. The normalized spacial score (nSPS) is 11.8. The quantitative estimate of drug-likeness (QED) is 0.603. The van der Waals surface area contributed by atoms with Crippen LogP contribution in [0.2, 0.25) is 0 Å². The number of carbonyl (C=O) groups is 2. The van der Waals surface area contributed by atoms with Crippen molar-refractivity contribution in [1.82, 2.24) is 5.32 Å². The van der Waals surface area contributed by atoms with Crippen molar-refractivity contribution in [3.63, 3.8) is 0 Å². The number of amides is 1. The molecule has 2 N–H and O–H groups in total. The number of nitrogens with one attached hydrogen (secondary N) is 2. The van der Waals surface area contributed by atoms with Gasteiger partial charge in [-0.05, 0) is 42.3 Å². The first-order valence-electron chi connectivity index (χ1n) is 9.37. The maximum absolute atomic E-state index is 12.4. The van der Waals surface area contributed by atoms with Crippen LogP contribution in [0.4, 0.5) is 5.69 Å². The lowest BCUT2D eigenvalue weighted by Crippen LogP contribution is -2.30. The third-order valence-electron chi connectivity index (χ3n) is 4.56. The van der Waals surface area contributed by atoms with Crippen LogP contribution in [0, 0.1) is 0 Å². The summed E-state index contributed by atoms with van der Waals surface area (Å²) in [7, 11) is 0. The Labute approximate surface area is 164 Å². The molecule has 0 unspecified atom stereocenters. The molecule has 0 fully saturated rings. The Bertz CT molecular complexity index is 979. The summed E-state index contributed by atoms with van der Waals surface area (Å²) >= 11 is 0. The van der Waals surface area contributed by atoms with Crippen LogP contribution in [-0.2, 0) is 9.53 Å². The molecule has 3 rings (SSSR count). The first-order valence-corrected chi connectivity index (χ1v) is 9.37. The largest absolute Gasteiger partial charge is 0.462 e. The molecule has 0 heterocycles. The van der Waals surface area contributed by atoms with E-state index in [2.05, 4.69) is 34.9 Å². The van der Waals surface area contributed by atoms with Crippen molar-refractivity contribution in [1.29, 1.82) is 0 Å². The van der Waals surface area contributed by atoms with Gasteiger partial charge < -0.3 is 15.4 Å². The SMILES string of the molecule is CCOC(=O)c1ccccc1NC(=O)CN[C@H](C)c1cccc2ccccc12. The Kier molecular flexibility index (Phi) is 6.40. The van der Waals surface area contributed by atoms with Crippen molar-refractivity contribution in [2.24, 2.45) is 0 Å². The number of hydrogen-bond acceptors (Lipinski definition) is 4. The van der Waals surface area contributed by atoms with E-state index < -0.39 is 5.97 Å². The average molecular weight is 376 g/mol. The summed E-state index contributed by atoms with van der Waals surface area (Å²) in [5.74, 6) is -0.667. The van der Waals surface area contributed by atoms with Crippen molar-refractivity contribution in [3.8, 4) is 0 Å². The van der Waals surface area contributed by atoms with Gasteiger partial charge in [-0.1, -0.05) is 54.6 Å². The summed E-state index contributed by atoms with van der Waals surface area (Å²) < 4.78 is 5.04. The number of fused-ring (bicyclic) bond motifs is 1. The minimum atomic E-state index is -0.449. The number of carbonyl (C=O) groups excluding carboxylic acids is 2. The van der Waals surface area contributed by atoms with Crippen LogP contribution < -0.4 is 10.6 Å². The van der Waals surface area contributed by atoms with E-state index in [1.54, 1.807) is 31.2 Å². The van der Waals surface area contributed by atoms with Gasteiger partial charge in [-0.3, -0.25) is 4.79 Å². The van der Waals surface area contributed by atoms with Crippen molar-refractivity contribution in [3.05, 3.63) is 77.9 Å². The molecule has 5 nitrogen and oxygen atoms in total. The molecule has 0 aromatic heterocycles. The smallest absolute Gasteiger partial charge is 0.340 e. The highest BCUT2D eigenvalue weighted by molar-refractivity contribution is 6.01. The third kappa shape index (κ3) is 4.56. The van der Waals surface area contributed by atoms with Gasteiger partial charge in [0.2, 0.25) is 5.91 Å². The van der Waals surface area contributed by atoms with Crippen LogP contribution in [0.25, 0.3) is 10.8 Å². The predicted octanol–water partition coefficient (Wildman–Crippen LogP) is 4.31. The average Bonchev–Trinajstić information content (AvgIpc) is 2.72. The number of esters is 1. The molecule has 1 atom stereocenters. The van der Waals surface area contributed by atoms with E-state index in [4.69, 9.17) is 4.74 Å². The van der Waals surface area contributed by atoms with Crippen molar-refractivity contribution in [2.75, 3.05) is 18.5 Å². The summed E-state index contributed by atoms with van der Waals surface area (Å²) in [5.41, 5.74) is 1.93. The first-order chi connectivity index (χ1) is 13.6. The molecule has 28 heavy (non-hydrogen) atoms. The fourth-order valence-corrected chi connectivity index (χ4v) is 3.16. The fourth-order valence-electron chi connectivity index (χ4n) is 3.16. The second-order valence-electron chi connectivity index (χ2n) is 6.49. The van der Waals surface area contributed by atoms with Crippen LogP contribution in [0.3, 0.4) is 0 Å². The molecule has 0 aliphatic carbocycles. The molecule has 3 aromatic carbocycles. The Hall–Kier alpha value is -3.18. The molecule has 0 spiro atoms. The Morgan fingerprint density at radius 2 is 1.68 bits per heavy atom. The predicted molar refractivity (Wildman–Crippen MR) is 111 cm³/mol. The number of anilines is 1. The number of benzene rings is 3. The Balaban J connectivity index is 1.65. The summed E-state index contributed by atoms with van der Waals surface area (Å²) in [4.78, 5) is 24.5.